The Hall–Kier alpha value is -2.30. The molecule has 1 aromatic carbocycles. The monoisotopic (exact) mass is 874 g/mol. The number of hydrogen-bond donors (Lipinski definition) is 0. The third-order valence-electron chi connectivity index (χ3n) is 9.32. The average Bonchev–Trinajstić information content (AvgIpc) is 4.00. The molecule has 2 aliphatic heterocycles. The second-order valence-electron chi connectivity index (χ2n) is 13.0. The van der Waals surface area contributed by atoms with E-state index in [-0.39, 0.29) is 9.81 Å². The van der Waals surface area contributed by atoms with Gasteiger partial charge >= 0.3 is 0 Å². The molecule has 14 heteroatoms. The third kappa shape index (κ3) is 7.70. The number of sulfone groups is 2. The third-order valence-corrected chi connectivity index (χ3v) is 20.3. The molecule has 5 aromatic rings. The first kappa shape index (κ1) is 39.9. The van der Waals surface area contributed by atoms with Gasteiger partial charge in [0.05, 0.1) is 50.7 Å². The van der Waals surface area contributed by atoms with Crippen LogP contribution >= 0.6 is 68.9 Å². The van der Waals surface area contributed by atoms with Crippen molar-refractivity contribution < 1.29 is 26.3 Å². The SMILES string of the molecule is CCCCCCOc1c2cc(C3=CC=C(c4ccc(SC)s4)S3(=O)=O)sc2c(OCCCCCC)c2cc(C3=CC=C(c4ccc(SC)s4)S3(=O)=O)sc12. The zero-order valence-electron chi connectivity index (χ0n) is 30.6. The molecule has 0 radical (unpaired) electrons. The molecular formula is C40H42O6S8. The molecule has 0 unspecified atom stereocenters. The Labute approximate surface area is 342 Å². The lowest BCUT2D eigenvalue weighted by molar-refractivity contribution is 0.307. The van der Waals surface area contributed by atoms with Crippen molar-refractivity contribution in [3.05, 3.63) is 80.2 Å². The molecule has 0 fully saturated rings. The number of thiophene rings is 4. The molecule has 0 N–H and O–H groups in total. The van der Waals surface area contributed by atoms with Crippen molar-refractivity contribution in [2.75, 3.05) is 25.7 Å². The van der Waals surface area contributed by atoms with Crippen molar-refractivity contribution in [2.24, 2.45) is 0 Å². The highest BCUT2D eigenvalue weighted by atomic mass is 32.2. The van der Waals surface area contributed by atoms with Crippen LogP contribution in [0.5, 0.6) is 11.5 Å². The van der Waals surface area contributed by atoms with Crippen LogP contribution in [0.25, 0.3) is 39.8 Å². The summed E-state index contributed by atoms with van der Waals surface area (Å²) in [6.45, 7) is 5.33. The molecule has 54 heavy (non-hydrogen) atoms. The predicted molar refractivity (Wildman–Crippen MR) is 238 cm³/mol. The lowest BCUT2D eigenvalue weighted by atomic mass is 10.1. The van der Waals surface area contributed by atoms with Gasteiger partial charge < -0.3 is 9.47 Å². The van der Waals surface area contributed by atoms with Crippen LogP contribution in [0.15, 0.2) is 69.1 Å². The van der Waals surface area contributed by atoms with Crippen molar-refractivity contribution in [3.8, 4) is 11.5 Å². The van der Waals surface area contributed by atoms with Gasteiger partial charge in [-0.25, -0.2) is 16.8 Å². The molecule has 4 aromatic heterocycles. The summed E-state index contributed by atoms with van der Waals surface area (Å²) in [5.41, 5.74) is 0. The minimum Gasteiger partial charge on any atom is -0.491 e. The summed E-state index contributed by atoms with van der Waals surface area (Å²) in [7, 11) is -7.55. The first-order valence-corrected chi connectivity index (χ1v) is 26.7. The van der Waals surface area contributed by atoms with Crippen LogP contribution in [0.3, 0.4) is 0 Å². The molecule has 0 aliphatic carbocycles. The van der Waals surface area contributed by atoms with Crippen LogP contribution < -0.4 is 9.47 Å². The van der Waals surface area contributed by atoms with Gasteiger partial charge in [-0.05, 0) is 86.1 Å². The Morgan fingerprint density at radius 1 is 0.519 bits per heavy atom. The quantitative estimate of drug-likeness (QED) is 0.0635. The van der Waals surface area contributed by atoms with E-state index in [0.717, 1.165) is 89.7 Å². The Kier molecular flexibility index (Phi) is 12.6. The van der Waals surface area contributed by atoms with Crippen molar-refractivity contribution in [1.82, 2.24) is 0 Å². The molecule has 0 saturated carbocycles. The van der Waals surface area contributed by atoms with Crippen molar-refractivity contribution in [1.29, 1.82) is 0 Å². The van der Waals surface area contributed by atoms with E-state index in [2.05, 4.69) is 13.8 Å². The van der Waals surface area contributed by atoms with Gasteiger partial charge in [-0.15, -0.1) is 68.9 Å². The molecular weight excluding hydrogens is 833 g/mol. The number of ether oxygens (including phenoxy) is 2. The van der Waals surface area contributed by atoms with Crippen molar-refractivity contribution >= 4 is 128 Å². The van der Waals surface area contributed by atoms with Crippen LogP contribution in [0.1, 0.15) is 84.7 Å². The van der Waals surface area contributed by atoms with Crippen LogP contribution in [0.2, 0.25) is 0 Å². The maximum atomic E-state index is 14.1. The smallest absolute Gasteiger partial charge is 0.209 e. The summed E-state index contributed by atoms with van der Waals surface area (Å²) in [4.78, 5) is 3.87. The van der Waals surface area contributed by atoms with Crippen LogP contribution in [-0.2, 0) is 19.7 Å². The average molecular weight is 875 g/mol. The Bertz CT molecular complexity index is 2310. The maximum Gasteiger partial charge on any atom is 0.209 e. The van der Waals surface area contributed by atoms with Crippen molar-refractivity contribution in [3.63, 3.8) is 0 Å². The largest absolute Gasteiger partial charge is 0.491 e. The summed E-state index contributed by atoms with van der Waals surface area (Å²) < 4.78 is 73.5. The molecule has 6 nitrogen and oxygen atoms in total. The molecule has 0 atom stereocenters. The first-order chi connectivity index (χ1) is 26.1. The van der Waals surface area contributed by atoms with Gasteiger partial charge in [-0.1, -0.05) is 52.4 Å². The van der Waals surface area contributed by atoms with Gasteiger partial charge in [0.15, 0.2) is 0 Å². The normalized spacial score (nSPS) is 16.2. The van der Waals surface area contributed by atoms with Gasteiger partial charge in [0.1, 0.15) is 11.5 Å². The molecule has 286 valence electrons. The van der Waals surface area contributed by atoms with Crippen LogP contribution in [0, 0.1) is 0 Å². The van der Waals surface area contributed by atoms with E-state index in [1.165, 1.54) is 45.3 Å². The summed E-state index contributed by atoms with van der Waals surface area (Å²) in [5, 5.41) is 1.57. The number of hydrogen-bond acceptors (Lipinski definition) is 12. The minimum absolute atomic E-state index is 0.267. The lowest BCUT2D eigenvalue weighted by Gasteiger charge is -2.13. The Morgan fingerprint density at radius 2 is 0.907 bits per heavy atom. The molecule has 7 rings (SSSR count). The predicted octanol–water partition coefficient (Wildman–Crippen LogP) is 13.2. The molecule has 0 amide bonds. The summed E-state index contributed by atoms with van der Waals surface area (Å²) in [6.07, 6.45) is 19.1. The molecule has 0 saturated heterocycles. The maximum absolute atomic E-state index is 14.1. The zero-order chi connectivity index (χ0) is 38.0. The number of benzene rings is 1. The molecule has 2 aliphatic rings. The van der Waals surface area contributed by atoms with Crippen molar-refractivity contribution in [2.45, 2.75) is 73.6 Å². The van der Waals surface area contributed by atoms with Gasteiger partial charge in [-0.3, -0.25) is 0 Å². The Morgan fingerprint density at radius 3 is 1.26 bits per heavy atom. The number of unbranched alkanes of at least 4 members (excludes halogenated alkanes) is 6. The van der Waals surface area contributed by atoms with Gasteiger partial charge in [0, 0.05) is 30.3 Å². The zero-order valence-corrected chi connectivity index (χ0v) is 37.1. The fourth-order valence-corrected chi connectivity index (χ4v) is 16.2. The highest BCUT2D eigenvalue weighted by Crippen LogP contribution is 2.54. The van der Waals surface area contributed by atoms with E-state index in [1.54, 1.807) is 47.8 Å². The fourth-order valence-electron chi connectivity index (χ4n) is 6.52. The first-order valence-electron chi connectivity index (χ1n) is 18.0. The van der Waals surface area contributed by atoms with E-state index in [9.17, 15) is 16.8 Å². The summed E-state index contributed by atoms with van der Waals surface area (Å²) in [5.74, 6) is 1.29. The molecule has 6 heterocycles. The highest BCUT2D eigenvalue weighted by Gasteiger charge is 2.35. The van der Waals surface area contributed by atoms with Gasteiger partial charge in [0.25, 0.3) is 0 Å². The van der Waals surface area contributed by atoms with E-state index in [4.69, 9.17) is 9.47 Å². The number of rotatable bonds is 18. The van der Waals surface area contributed by atoms with Crippen LogP contribution in [-0.4, -0.2) is 42.6 Å². The van der Waals surface area contributed by atoms with Gasteiger partial charge in [-0.2, -0.15) is 0 Å². The molecule has 0 spiro atoms. The van der Waals surface area contributed by atoms with Crippen LogP contribution in [0.4, 0.5) is 0 Å². The highest BCUT2D eigenvalue weighted by molar-refractivity contribution is 8.10. The summed E-state index contributed by atoms with van der Waals surface area (Å²) >= 11 is 8.94. The van der Waals surface area contributed by atoms with E-state index >= 15 is 0 Å². The van der Waals surface area contributed by atoms with E-state index in [1.807, 2.05) is 48.9 Å². The second-order valence-corrected chi connectivity index (χ2v) is 23.2. The topological polar surface area (TPSA) is 86.7 Å². The van der Waals surface area contributed by atoms with Gasteiger partial charge in [0.2, 0.25) is 19.7 Å². The Balaban J connectivity index is 1.33. The second kappa shape index (κ2) is 17.1. The van der Waals surface area contributed by atoms with E-state index < -0.39 is 19.7 Å². The number of allylic oxidation sites excluding steroid dienone is 4. The molecule has 0 bridgehead atoms. The summed E-state index contributed by atoms with van der Waals surface area (Å²) in [6, 6.07) is 11.5. The minimum atomic E-state index is -3.78. The standard InChI is InChI=1S/C40H42O6S8/c1-5-7-9-11-21-45-37-25-23-29(33-17-15-31(53(33,41)42)27-13-19-35(47-3)49-27)52-40(25)38(46-22-12-10-8-6-2)26-24-30(51-39(26)37)34-18-16-32(54(34,43)44)28-14-20-36(48-4)50-28/h13-20,23-24H,5-12,21-22H2,1-4H3. The van der Waals surface area contributed by atoms with E-state index in [0.29, 0.717) is 44.3 Å². The number of thioether (sulfide) groups is 2. The lowest BCUT2D eigenvalue weighted by Crippen LogP contribution is -2.00. The number of fused-ring (bicyclic) bond motifs is 2. The fraction of sp³-hybridized carbons (Fsp3) is 0.350.